The highest BCUT2D eigenvalue weighted by Crippen LogP contribution is 2.24. The molecular formula is C15H15N3O3. The van der Waals surface area contributed by atoms with Crippen molar-refractivity contribution in [3.8, 4) is 0 Å². The number of carbonyl (C=O) groups is 2. The highest BCUT2D eigenvalue weighted by Gasteiger charge is 2.30. The van der Waals surface area contributed by atoms with E-state index in [2.05, 4.69) is 4.98 Å². The van der Waals surface area contributed by atoms with Crippen molar-refractivity contribution in [3.05, 3.63) is 34.3 Å². The standard InChI is InChI=1S/C15H15N3O3/c1-8-17-11-4-2-3-10(16)14(11)15(21)18(8)12-6-5-9(19)7-13(12)20/h2-4,12H,5-7,16H2,1H3/i1D3,2D,3D,4D,5D2,6D2,12D. The molecule has 21 heavy (non-hydrogen) atoms. The van der Waals surface area contributed by atoms with E-state index in [-0.39, 0.29) is 4.57 Å². The number of aromatic nitrogens is 2. The number of nitrogen functional groups attached to an aromatic ring is 1. The van der Waals surface area contributed by atoms with Crippen molar-refractivity contribution >= 4 is 28.2 Å². The summed E-state index contributed by atoms with van der Waals surface area (Å²) in [4.78, 5) is 41.8. The lowest BCUT2D eigenvalue weighted by Crippen LogP contribution is -2.36. The van der Waals surface area contributed by atoms with Crippen molar-refractivity contribution in [1.29, 1.82) is 0 Å². The van der Waals surface area contributed by atoms with Crippen molar-refractivity contribution in [3.63, 3.8) is 0 Å². The van der Waals surface area contributed by atoms with Crippen molar-refractivity contribution in [2.45, 2.75) is 32.0 Å². The molecule has 0 amide bonds. The van der Waals surface area contributed by atoms with E-state index in [9.17, 15) is 14.4 Å². The third-order valence-corrected chi connectivity index (χ3v) is 2.86. The molecule has 1 aliphatic carbocycles. The summed E-state index contributed by atoms with van der Waals surface area (Å²) in [6.07, 6.45) is -8.49. The SMILES string of the molecule is [2H]c1c([2H])c(N)c2c(=O)n(C3([2H])C(=O)CC(=O)C([2H])([2H])C3([2H])[2H])c(C([2H])([2H])[2H])nc2c1[2H]. The lowest BCUT2D eigenvalue weighted by Gasteiger charge is -2.24. The monoisotopic (exact) mass is 296 g/mol. The van der Waals surface area contributed by atoms with Crippen LogP contribution < -0.4 is 11.3 Å². The summed E-state index contributed by atoms with van der Waals surface area (Å²) in [6, 6.07) is -6.00. The summed E-state index contributed by atoms with van der Waals surface area (Å²) in [5.74, 6) is -4.42. The normalized spacial score (nSPS) is 35.7. The Morgan fingerprint density at radius 2 is 2.33 bits per heavy atom. The summed E-state index contributed by atoms with van der Waals surface area (Å²) in [5.41, 5.74) is 2.67. The third-order valence-electron chi connectivity index (χ3n) is 2.86. The van der Waals surface area contributed by atoms with Crippen LogP contribution in [0, 0.1) is 6.85 Å². The van der Waals surface area contributed by atoms with Crippen LogP contribution in [0.3, 0.4) is 0 Å². The Morgan fingerprint density at radius 1 is 1.52 bits per heavy atom. The summed E-state index contributed by atoms with van der Waals surface area (Å²) in [6.45, 7) is -3.38. The lowest BCUT2D eigenvalue weighted by atomic mass is 9.92. The van der Waals surface area contributed by atoms with E-state index in [0.717, 1.165) is 0 Å². The average Bonchev–Trinajstić information content (AvgIpc) is 2.67. The second kappa shape index (κ2) is 4.80. The quantitative estimate of drug-likeness (QED) is 0.629. The number of hydrogen-bond donors (Lipinski definition) is 1. The number of Topliss-reactive ketones (excluding diaryl/α,β-unsaturated/α-hetero) is 2. The minimum atomic E-state index is -3.73. The van der Waals surface area contributed by atoms with Gasteiger partial charge in [-0.05, 0) is 25.3 Å². The van der Waals surface area contributed by atoms with E-state index in [0.29, 0.717) is 0 Å². The van der Waals surface area contributed by atoms with Crippen molar-refractivity contribution in [2.24, 2.45) is 0 Å². The van der Waals surface area contributed by atoms with Gasteiger partial charge in [0.15, 0.2) is 5.78 Å². The first-order chi connectivity index (χ1) is 14.3. The van der Waals surface area contributed by atoms with Gasteiger partial charge in [0, 0.05) is 21.7 Å². The van der Waals surface area contributed by atoms with Gasteiger partial charge in [0.05, 0.1) is 28.8 Å². The molecule has 0 radical (unpaired) electrons. The van der Waals surface area contributed by atoms with Gasteiger partial charge in [-0.25, -0.2) is 4.98 Å². The molecule has 6 nitrogen and oxygen atoms in total. The molecule has 108 valence electrons. The van der Waals surface area contributed by atoms with Crippen LogP contribution in [0.1, 0.15) is 46.1 Å². The predicted molar refractivity (Wildman–Crippen MR) is 78.1 cm³/mol. The van der Waals surface area contributed by atoms with Gasteiger partial charge in [0.1, 0.15) is 11.6 Å². The maximum atomic E-state index is 13.4. The van der Waals surface area contributed by atoms with E-state index in [1.165, 1.54) is 0 Å². The molecule has 6 heteroatoms. The Morgan fingerprint density at radius 3 is 3.10 bits per heavy atom. The second-order valence-electron chi connectivity index (χ2n) is 4.21. The number of rotatable bonds is 1. The van der Waals surface area contributed by atoms with Gasteiger partial charge < -0.3 is 5.73 Å². The minimum Gasteiger partial charge on any atom is -0.398 e. The number of nitrogens with zero attached hydrogens (tertiary/aromatic N) is 2. The van der Waals surface area contributed by atoms with Gasteiger partial charge in [-0.1, -0.05) is 6.04 Å². The molecule has 1 aliphatic rings. The number of anilines is 1. The van der Waals surface area contributed by atoms with Crippen molar-refractivity contribution < 1.29 is 24.7 Å². The first-order valence-electron chi connectivity index (χ1n) is 11.2. The van der Waals surface area contributed by atoms with Crippen molar-refractivity contribution in [1.82, 2.24) is 9.55 Å². The molecule has 1 fully saturated rings. The van der Waals surface area contributed by atoms with Gasteiger partial charge in [0.25, 0.3) is 5.56 Å². The Balaban J connectivity index is 2.64. The molecule has 3 rings (SSSR count). The third kappa shape index (κ3) is 2.12. The second-order valence-corrected chi connectivity index (χ2v) is 4.21. The van der Waals surface area contributed by atoms with E-state index in [1.807, 2.05) is 0 Å². The van der Waals surface area contributed by atoms with Gasteiger partial charge >= 0.3 is 0 Å². The zero-order chi connectivity index (χ0) is 24.8. The molecule has 0 saturated heterocycles. The molecule has 2 aromatic rings. The average molecular weight is 296 g/mol. The van der Waals surface area contributed by atoms with Crippen LogP contribution >= 0.6 is 0 Å². The lowest BCUT2D eigenvalue weighted by molar-refractivity contribution is -0.132. The molecule has 0 spiro atoms. The highest BCUT2D eigenvalue weighted by molar-refractivity contribution is 6.03. The number of benzene rings is 1. The fourth-order valence-corrected chi connectivity index (χ4v) is 1.93. The van der Waals surface area contributed by atoms with Gasteiger partial charge in [-0.2, -0.15) is 0 Å². The Labute approximate surface area is 136 Å². The Bertz CT molecular complexity index is 1270. The van der Waals surface area contributed by atoms with E-state index in [4.69, 9.17) is 20.8 Å². The van der Waals surface area contributed by atoms with Crippen LogP contribution in [0.2, 0.25) is 0 Å². The smallest absolute Gasteiger partial charge is 0.264 e. The summed E-state index contributed by atoms with van der Waals surface area (Å²) < 4.78 is 86.8. The van der Waals surface area contributed by atoms with Crippen LogP contribution in [-0.4, -0.2) is 21.1 Å². The first-order valence-corrected chi connectivity index (χ1v) is 5.73. The summed E-state index contributed by atoms with van der Waals surface area (Å²) in [5, 5.41) is -0.809. The van der Waals surface area contributed by atoms with Crippen molar-refractivity contribution in [2.75, 3.05) is 5.73 Å². The molecular weight excluding hydrogens is 270 g/mol. The fraction of sp³-hybridized carbons (Fsp3) is 0.333. The van der Waals surface area contributed by atoms with Gasteiger partial charge in [-0.3, -0.25) is 19.0 Å². The van der Waals surface area contributed by atoms with Gasteiger partial charge in [0.2, 0.25) is 0 Å². The maximum absolute atomic E-state index is 13.4. The molecule has 1 aromatic heterocycles. The molecule has 1 aromatic carbocycles. The van der Waals surface area contributed by atoms with E-state index in [1.54, 1.807) is 0 Å². The number of ketones is 2. The van der Waals surface area contributed by atoms with E-state index < -0.39 is 89.7 Å². The number of nitrogens with two attached hydrogens (primary N) is 1. The number of hydrogen-bond acceptors (Lipinski definition) is 5. The minimum absolute atomic E-state index is 0.173. The number of carbonyl (C=O) groups excluding carboxylic acids is 2. The molecule has 1 unspecified atom stereocenters. The molecule has 1 atom stereocenters. The van der Waals surface area contributed by atoms with Crippen LogP contribution in [0.5, 0.6) is 0 Å². The largest absolute Gasteiger partial charge is 0.398 e. The first kappa shape index (κ1) is 5.71. The van der Waals surface area contributed by atoms with Crippen LogP contribution in [0.15, 0.2) is 22.9 Å². The maximum Gasteiger partial charge on any atom is 0.264 e. The molecule has 0 bridgehead atoms. The van der Waals surface area contributed by atoms with Crippen LogP contribution in [0.4, 0.5) is 5.69 Å². The van der Waals surface area contributed by atoms with Crippen LogP contribution in [0.25, 0.3) is 10.9 Å². The summed E-state index contributed by atoms with van der Waals surface area (Å²) in [7, 11) is 0. The molecule has 2 N–H and O–H groups in total. The molecule has 1 heterocycles. The molecule has 1 saturated carbocycles. The Kier molecular flexibility index (Phi) is 1.31. The number of fused-ring (bicyclic) bond motifs is 1. The zero-order valence-electron chi connectivity index (χ0n) is 21.4. The van der Waals surface area contributed by atoms with Gasteiger partial charge in [-0.15, -0.1) is 0 Å². The van der Waals surface area contributed by atoms with Crippen LogP contribution in [-0.2, 0) is 9.59 Å². The highest BCUT2D eigenvalue weighted by atomic mass is 16.2. The van der Waals surface area contributed by atoms with E-state index >= 15 is 0 Å². The molecule has 0 aliphatic heterocycles. The zero-order valence-corrected chi connectivity index (χ0v) is 10.4. The summed E-state index contributed by atoms with van der Waals surface area (Å²) >= 11 is 0. The number of aryl methyl sites for hydroxylation is 1. The fourth-order valence-electron chi connectivity index (χ4n) is 1.93. The Hall–Kier alpha value is -2.50. The predicted octanol–water partition coefficient (Wildman–Crippen LogP) is 1.15. The topological polar surface area (TPSA) is 95.0 Å².